The van der Waals surface area contributed by atoms with E-state index in [0.29, 0.717) is 31.6 Å². The third kappa shape index (κ3) is 6.03. The Labute approximate surface area is 296 Å². The minimum absolute atomic E-state index is 0.146. The summed E-state index contributed by atoms with van der Waals surface area (Å²) in [7, 11) is -7.78. The predicted octanol–water partition coefficient (Wildman–Crippen LogP) is 8.34. The summed E-state index contributed by atoms with van der Waals surface area (Å²) in [4.78, 5) is 27.1. The molecule has 0 fully saturated rings. The van der Waals surface area contributed by atoms with Crippen LogP contribution in [0.15, 0.2) is 166 Å². The largest absolute Gasteiger partial charge is 0.286 e. The standard InChI is InChI=1S/2C19H13NO3S2/c2*21-19(18-11-6-12-24-18)17-13-14-7-4-5-10-16(14)20(17)25(22,23)15-8-2-1-3-9-15/h2*1-13H. The van der Waals surface area contributed by atoms with Crippen LogP contribution in [0.4, 0.5) is 0 Å². The number of carbonyl (C=O) groups is 2. The second-order valence-electron chi connectivity index (χ2n) is 11.0. The van der Waals surface area contributed by atoms with Crippen molar-refractivity contribution >= 4 is 76.1 Å². The SMILES string of the molecule is O=C(c1cccs1)c1cc2ccccc2n1S(=O)(=O)c1ccccc1.O=C(c1cccs1)c1cc2ccccc2n1S(=O)(=O)c1ccccc1. The molecule has 8 aromatic rings. The molecule has 0 aliphatic rings. The minimum Gasteiger partial charge on any atom is -0.286 e. The number of fused-ring (bicyclic) bond motifs is 2. The van der Waals surface area contributed by atoms with Gasteiger partial charge < -0.3 is 0 Å². The number of hydrogen-bond acceptors (Lipinski definition) is 8. The molecule has 8 nitrogen and oxygen atoms in total. The molecule has 50 heavy (non-hydrogen) atoms. The Balaban J connectivity index is 0.000000157. The van der Waals surface area contributed by atoms with Crippen LogP contribution in [0.3, 0.4) is 0 Å². The van der Waals surface area contributed by atoms with Crippen LogP contribution in [-0.2, 0) is 20.0 Å². The molecule has 248 valence electrons. The first kappa shape index (κ1) is 33.1. The van der Waals surface area contributed by atoms with Crippen LogP contribution in [0.25, 0.3) is 21.8 Å². The fraction of sp³-hybridized carbons (Fsp3) is 0. The first-order valence-electron chi connectivity index (χ1n) is 15.2. The normalized spacial score (nSPS) is 11.7. The average molecular weight is 735 g/mol. The van der Waals surface area contributed by atoms with E-state index in [1.165, 1.54) is 46.9 Å². The summed E-state index contributed by atoms with van der Waals surface area (Å²) in [5.41, 5.74) is 1.28. The fourth-order valence-electron chi connectivity index (χ4n) is 5.56. The van der Waals surface area contributed by atoms with Crippen molar-refractivity contribution in [3.8, 4) is 0 Å². The van der Waals surface area contributed by atoms with E-state index in [9.17, 15) is 26.4 Å². The molecule has 0 saturated heterocycles. The van der Waals surface area contributed by atoms with Crippen LogP contribution in [0.5, 0.6) is 0 Å². The second kappa shape index (κ2) is 13.5. The third-order valence-corrected chi connectivity index (χ3v) is 13.1. The first-order chi connectivity index (χ1) is 24.2. The zero-order valence-electron chi connectivity index (χ0n) is 26.0. The summed E-state index contributed by atoms with van der Waals surface area (Å²) in [6, 6.07) is 40.7. The Morgan fingerprint density at radius 3 is 1.16 bits per heavy atom. The number of nitrogens with zero attached hydrogens (tertiary/aromatic N) is 2. The van der Waals surface area contributed by atoms with E-state index in [-0.39, 0.29) is 32.7 Å². The molecule has 4 heterocycles. The van der Waals surface area contributed by atoms with Gasteiger partial charge in [0.25, 0.3) is 20.0 Å². The molecule has 0 unspecified atom stereocenters. The van der Waals surface area contributed by atoms with Gasteiger partial charge >= 0.3 is 0 Å². The molecule has 0 atom stereocenters. The molecule has 0 aliphatic heterocycles. The van der Waals surface area contributed by atoms with Crippen molar-refractivity contribution in [3.63, 3.8) is 0 Å². The highest BCUT2D eigenvalue weighted by atomic mass is 32.2. The number of aromatic nitrogens is 2. The summed E-state index contributed by atoms with van der Waals surface area (Å²) >= 11 is 2.59. The smallest absolute Gasteiger partial charge is 0.268 e. The van der Waals surface area contributed by atoms with Gasteiger partial charge in [0.15, 0.2) is 0 Å². The third-order valence-electron chi connectivity index (χ3n) is 7.85. The zero-order chi connectivity index (χ0) is 34.9. The Kier molecular flexibility index (Phi) is 8.93. The molecule has 0 bridgehead atoms. The van der Waals surface area contributed by atoms with Gasteiger partial charge in [-0.25, -0.2) is 24.8 Å². The van der Waals surface area contributed by atoms with Gasteiger partial charge in [-0.1, -0.05) is 84.9 Å². The van der Waals surface area contributed by atoms with Crippen molar-refractivity contribution < 1.29 is 26.4 Å². The molecule has 8 rings (SSSR count). The highest BCUT2D eigenvalue weighted by molar-refractivity contribution is 7.90. The maximum absolute atomic E-state index is 13.2. The predicted molar refractivity (Wildman–Crippen MR) is 197 cm³/mol. The molecule has 0 spiro atoms. The Hall–Kier alpha value is -5.40. The molecule has 0 radical (unpaired) electrons. The average Bonchev–Trinajstić information content (AvgIpc) is 3.98. The van der Waals surface area contributed by atoms with Crippen LogP contribution >= 0.6 is 22.7 Å². The van der Waals surface area contributed by atoms with Crippen LogP contribution in [0, 0.1) is 0 Å². The van der Waals surface area contributed by atoms with Gasteiger partial charge in [0.05, 0.1) is 30.6 Å². The topological polar surface area (TPSA) is 112 Å². The van der Waals surface area contributed by atoms with Crippen molar-refractivity contribution in [3.05, 3.63) is 177 Å². The Morgan fingerprint density at radius 2 is 0.800 bits per heavy atom. The number of rotatable bonds is 8. The molecule has 0 aliphatic carbocycles. The number of benzene rings is 4. The molecule has 0 amide bonds. The second-order valence-corrected chi connectivity index (χ2v) is 16.4. The van der Waals surface area contributed by atoms with Crippen molar-refractivity contribution in [2.45, 2.75) is 9.79 Å². The van der Waals surface area contributed by atoms with Gasteiger partial charge in [0.2, 0.25) is 11.6 Å². The number of thiophene rings is 2. The summed E-state index contributed by atoms with van der Waals surface area (Å²) in [6.07, 6.45) is 0. The van der Waals surface area contributed by atoms with Crippen molar-refractivity contribution in [2.75, 3.05) is 0 Å². The molecule has 0 saturated carbocycles. The highest BCUT2D eigenvalue weighted by Gasteiger charge is 2.28. The summed E-state index contributed by atoms with van der Waals surface area (Å²) < 4.78 is 55.2. The Morgan fingerprint density at radius 1 is 0.440 bits per heavy atom. The van der Waals surface area contributed by atoms with E-state index in [4.69, 9.17) is 0 Å². The zero-order valence-corrected chi connectivity index (χ0v) is 29.3. The number of ketones is 2. The lowest BCUT2D eigenvalue weighted by molar-refractivity contribution is 0.103. The molecule has 12 heteroatoms. The first-order valence-corrected chi connectivity index (χ1v) is 19.8. The van der Waals surface area contributed by atoms with Crippen LogP contribution in [0.2, 0.25) is 0 Å². The van der Waals surface area contributed by atoms with E-state index in [1.807, 2.05) is 12.1 Å². The van der Waals surface area contributed by atoms with E-state index in [1.54, 1.807) is 120 Å². The summed E-state index contributed by atoms with van der Waals surface area (Å²) in [6.45, 7) is 0. The van der Waals surface area contributed by atoms with Gasteiger partial charge in [-0.15, -0.1) is 22.7 Å². The molecular weight excluding hydrogens is 709 g/mol. The molecule has 4 aromatic heterocycles. The van der Waals surface area contributed by atoms with Crippen LogP contribution < -0.4 is 0 Å². The molecule has 0 N–H and O–H groups in total. The minimum atomic E-state index is -3.89. The number of para-hydroxylation sites is 2. The van der Waals surface area contributed by atoms with Crippen LogP contribution in [0.1, 0.15) is 30.7 Å². The maximum Gasteiger partial charge on any atom is 0.268 e. The van der Waals surface area contributed by atoms with Crippen molar-refractivity contribution in [1.82, 2.24) is 7.94 Å². The van der Waals surface area contributed by atoms with Crippen molar-refractivity contribution in [1.29, 1.82) is 0 Å². The lowest BCUT2D eigenvalue weighted by atomic mass is 10.2. The van der Waals surface area contributed by atoms with Crippen LogP contribution in [-0.4, -0.2) is 36.3 Å². The highest BCUT2D eigenvalue weighted by Crippen LogP contribution is 2.30. The van der Waals surface area contributed by atoms with Gasteiger partial charge in [-0.05, 0) is 71.4 Å². The maximum atomic E-state index is 13.2. The lowest BCUT2D eigenvalue weighted by Gasteiger charge is -2.11. The van der Waals surface area contributed by atoms with Gasteiger partial charge in [0, 0.05) is 10.8 Å². The Bertz CT molecular complexity index is 2510. The van der Waals surface area contributed by atoms with Gasteiger partial charge in [0.1, 0.15) is 11.4 Å². The van der Waals surface area contributed by atoms with E-state index >= 15 is 0 Å². The van der Waals surface area contributed by atoms with E-state index in [2.05, 4.69) is 0 Å². The van der Waals surface area contributed by atoms with Gasteiger partial charge in [-0.3, -0.25) is 9.59 Å². The quantitative estimate of drug-likeness (QED) is 0.145. The fourth-order valence-corrected chi connectivity index (χ4v) is 9.97. The van der Waals surface area contributed by atoms with Crippen molar-refractivity contribution in [2.24, 2.45) is 0 Å². The monoisotopic (exact) mass is 734 g/mol. The lowest BCUT2D eigenvalue weighted by Crippen LogP contribution is -2.18. The summed E-state index contributed by atoms with van der Waals surface area (Å²) in [5, 5.41) is 5.02. The molecular formula is C38H26N2O6S4. The van der Waals surface area contributed by atoms with E-state index in [0.717, 1.165) is 7.94 Å². The van der Waals surface area contributed by atoms with E-state index < -0.39 is 20.0 Å². The number of hydrogen-bond donors (Lipinski definition) is 0. The summed E-state index contributed by atoms with van der Waals surface area (Å²) in [5.74, 6) is -0.601. The number of carbonyl (C=O) groups excluding carboxylic acids is 2. The molecule has 4 aromatic carbocycles. The van der Waals surface area contributed by atoms with Gasteiger partial charge in [-0.2, -0.15) is 0 Å².